The van der Waals surface area contributed by atoms with Crippen molar-refractivity contribution >= 4 is 15.9 Å². The average Bonchev–Trinajstić information content (AvgIpc) is 2.88. The number of aliphatic hydroxyl groups is 1. The zero-order valence-electron chi connectivity index (χ0n) is 13.4. The first-order chi connectivity index (χ1) is 10.8. The summed E-state index contributed by atoms with van der Waals surface area (Å²) < 4.78 is 25.7. The molecule has 2 N–H and O–H groups in total. The summed E-state index contributed by atoms with van der Waals surface area (Å²) in [5.41, 5.74) is 0.706. The molecule has 0 spiro atoms. The molecular weight excluding hydrogens is 318 g/mol. The SMILES string of the molecule is CCCC1CN(C(=O)c2cccc(CO)n2)CC1NS(C)(=O)=O. The highest BCUT2D eigenvalue weighted by atomic mass is 32.2. The number of hydrogen-bond donors (Lipinski definition) is 2. The van der Waals surface area contributed by atoms with Crippen molar-refractivity contribution in [3.8, 4) is 0 Å². The lowest BCUT2D eigenvalue weighted by Gasteiger charge is -2.17. The Morgan fingerprint density at radius 1 is 1.43 bits per heavy atom. The van der Waals surface area contributed by atoms with Gasteiger partial charge in [-0.1, -0.05) is 19.4 Å². The first-order valence-electron chi connectivity index (χ1n) is 7.67. The molecule has 8 heteroatoms. The summed E-state index contributed by atoms with van der Waals surface area (Å²) in [6.45, 7) is 2.65. The zero-order valence-corrected chi connectivity index (χ0v) is 14.2. The first-order valence-corrected chi connectivity index (χ1v) is 9.56. The van der Waals surface area contributed by atoms with E-state index in [1.807, 2.05) is 6.92 Å². The van der Waals surface area contributed by atoms with E-state index in [4.69, 9.17) is 5.11 Å². The van der Waals surface area contributed by atoms with Gasteiger partial charge in [0.1, 0.15) is 5.69 Å². The Morgan fingerprint density at radius 3 is 2.78 bits per heavy atom. The van der Waals surface area contributed by atoms with E-state index in [-0.39, 0.29) is 30.2 Å². The highest BCUT2D eigenvalue weighted by Gasteiger charge is 2.36. The van der Waals surface area contributed by atoms with Crippen molar-refractivity contribution in [3.05, 3.63) is 29.6 Å². The third-order valence-electron chi connectivity index (χ3n) is 3.94. The summed E-state index contributed by atoms with van der Waals surface area (Å²) in [7, 11) is -3.32. The van der Waals surface area contributed by atoms with Crippen LogP contribution in [0.1, 0.15) is 35.9 Å². The molecule has 0 aromatic carbocycles. The quantitative estimate of drug-likeness (QED) is 0.778. The molecule has 1 aliphatic rings. The van der Waals surface area contributed by atoms with Gasteiger partial charge >= 0.3 is 0 Å². The van der Waals surface area contributed by atoms with E-state index in [9.17, 15) is 13.2 Å². The molecule has 1 aromatic heterocycles. The zero-order chi connectivity index (χ0) is 17.0. The molecule has 0 radical (unpaired) electrons. The maximum Gasteiger partial charge on any atom is 0.272 e. The molecule has 2 rings (SSSR count). The van der Waals surface area contributed by atoms with Crippen molar-refractivity contribution in [2.45, 2.75) is 32.4 Å². The predicted octanol–water partition coefficient (Wildman–Crippen LogP) is 0.364. The van der Waals surface area contributed by atoms with Crippen molar-refractivity contribution < 1.29 is 18.3 Å². The second-order valence-corrected chi connectivity index (χ2v) is 7.71. The Morgan fingerprint density at radius 2 is 2.17 bits per heavy atom. The van der Waals surface area contributed by atoms with E-state index in [1.165, 1.54) is 0 Å². The number of nitrogens with one attached hydrogen (secondary N) is 1. The average molecular weight is 341 g/mol. The summed E-state index contributed by atoms with van der Waals surface area (Å²) in [5, 5.41) is 9.13. The maximum atomic E-state index is 12.6. The van der Waals surface area contributed by atoms with Crippen LogP contribution in [0, 0.1) is 5.92 Å². The minimum absolute atomic E-state index is 0.0969. The van der Waals surface area contributed by atoms with Gasteiger partial charge in [-0.3, -0.25) is 4.79 Å². The van der Waals surface area contributed by atoms with Crippen LogP contribution in [0.2, 0.25) is 0 Å². The van der Waals surface area contributed by atoms with Gasteiger partial charge < -0.3 is 10.0 Å². The van der Waals surface area contributed by atoms with Gasteiger partial charge in [-0.05, 0) is 24.5 Å². The minimum Gasteiger partial charge on any atom is -0.390 e. The molecule has 23 heavy (non-hydrogen) atoms. The molecule has 1 aliphatic heterocycles. The number of rotatable bonds is 6. The third-order valence-corrected chi connectivity index (χ3v) is 4.67. The number of carbonyl (C=O) groups is 1. The van der Waals surface area contributed by atoms with Gasteiger partial charge in [0.15, 0.2) is 0 Å². The van der Waals surface area contributed by atoms with Crippen LogP contribution in [0.5, 0.6) is 0 Å². The van der Waals surface area contributed by atoms with Crippen LogP contribution >= 0.6 is 0 Å². The molecule has 2 unspecified atom stereocenters. The molecule has 2 heterocycles. The van der Waals surface area contributed by atoms with Crippen LogP contribution < -0.4 is 4.72 Å². The van der Waals surface area contributed by atoms with Crippen molar-refractivity contribution in [2.75, 3.05) is 19.3 Å². The van der Waals surface area contributed by atoms with Gasteiger partial charge in [0.2, 0.25) is 10.0 Å². The minimum atomic E-state index is -3.32. The smallest absolute Gasteiger partial charge is 0.272 e. The number of aliphatic hydroxyl groups excluding tert-OH is 1. The summed E-state index contributed by atoms with van der Waals surface area (Å²) in [6.07, 6.45) is 2.90. The molecule has 1 saturated heterocycles. The Labute approximate surface area is 136 Å². The summed E-state index contributed by atoms with van der Waals surface area (Å²) in [4.78, 5) is 18.3. The highest BCUT2D eigenvalue weighted by Crippen LogP contribution is 2.23. The molecule has 1 amide bonds. The van der Waals surface area contributed by atoms with Crippen LogP contribution in [0.3, 0.4) is 0 Å². The Balaban J connectivity index is 2.15. The van der Waals surface area contributed by atoms with E-state index in [1.54, 1.807) is 23.1 Å². The highest BCUT2D eigenvalue weighted by molar-refractivity contribution is 7.88. The lowest BCUT2D eigenvalue weighted by Crippen LogP contribution is -2.40. The van der Waals surface area contributed by atoms with Crippen molar-refractivity contribution in [2.24, 2.45) is 5.92 Å². The Bertz CT molecular complexity index is 662. The summed E-state index contributed by atoms with van der Waals surface area (Å²) in [5.74, 6) is -0.140. The fourth-order valence-corrected chi connectivity index (χ4v) is 3.77. The van der Waals surface area contributed by atoms with Crippen molar-refractivity contribution in [1.82, 2.24) is 14.6 Å². The van der Waals surface area contributed by atoms with Gasteiger partial charge in [-0.25, -0.2) is 18.1 Å². The molecular formula is C15H23N3O4S. The monoisotopic (exact) mass is 341 g/mol. The molecule has 128 valence electrons. The molecule has 1 aromatic rings. The van der Waals surface area contributed by atoms with Crippen molar-refractivity contribution in [1.29, 1.82) is 0 Å². The summed E-state index contributed by atoms with van der Waals surface area (Å²) in [6, 6.07) is 4.66. The second-order valence-electron chi connectivity index (χ2n) is 5.93. The van der Waals surface area contributed by atoms with Crippen LogP contribution in [-0.2, 0) is 16.6 Å². The van der Waals surface area contributed by atoms with Gasteiger partial charge in [0.25, 0.3) is 5.91 Å². The number of likely N-dealkylation sites (tertiary alicyclic amines) is 1. The number of sulfonamides is 1. The van der Waals surface area contributed by atoms with Crippen LogP contribution in [0.4, 0.5) is 0 Å². The normalized spacial score (nSPS) is 21.6. The molecule has 0 bridgehead atoms. The third kappa shape index (κ3) is 4.73. The lowest BCUT2D eigenvalue weighted by molar-refractivity contribution is 0.0778. The van der Waals surface area contributed by atoms with Crippen LogP contribution in [0.25, 0.3) is 0 Å². The van der Waals surface area contributed by atoms with Gasteiger partial charge in [0.05, 0.1) is 18.6 Å². The fraction of sp³-hybridized carbons (Fsp3) is 0.600. The second kappa shape index (κ2) is 7.37. The van der Waals surface area contributed by atoms with E-state index < -0.39 is 10.0 Å². The van der Waals surface area contributed by atoms with Gasteiger partial charge in [-0.2, -0.15) is 0 Å². The topological polar surface area (TPSA) is 99.6 Å². The molecule has 0 aliphatic carbocycles. The van der Waals surface area contributed by atoms with E-state index in [0.717, 1.165) is 19.1 Å². The van der Waals surface area contributed by atoms with Gasteiger partial charge in [-0.15, -0.1) is 0 Å². The Kier molecular flexibility index (Phi) is 5.72. The van der Waals surface area contributed by atoms with Crippen molar-refractivity contribution in [3.63, 3.8) is 0 Å². The van der Waals surface area contributed by atoms with Gasteiger partial charge in [0, 0.05) is 19.1 Å². The Hall–Kier alpha value is -1.51. The molecule has 7 nitrogen and oxygen atoms in total. The number of aromatic nitrogens is 1. The fourth-order valence-electron chi connectivity index (χ4n) is 2.96. The number of carbonyl (C=O) groups excluding carboxylic acids is 1. The van der Waals surface area contributed by atoms with E-state index in [0.29, 0.717) is 18.8 Å². The number of hydrogen-bond acceptors (Lipinski definition) is 5. The van der Waals surface area contributed by atoms with E-state index in [2.05, 4.69) is 9.71 Å². The first kappa shape index (κ1) is 17.8. The van der Waals surface area contributed by atoms with Crippen LogP contribution in [0.15, 0.2) is 18.2 Å². The molecule has 0 saturated carbocycles. The maximum absolute atomic E-state index is 12.6. The van der Waals surface area contributed by atoms with Crippen LogP contribution in [-0.4, -0.2) is 54.7 Å². The van der Waals surface area contributed by atoms with E-state index >= 15 is 0 Å². The number of amides is 1. The lowest BCUT2D eigenvalue weighted by atomic mass is 9.99. The number of nitrogens with zero attached hydrogens (tertiary/aromatic N) is 2. The predicted molar refractivity (Wildman–Crippen MR) is 86.2 cm³/mol. The largest absolute Gasteiger partial charge is 0.390 e. The summed E-state index contributed by atoms with van der Waals surface area (Å²) >= 11 is 0. The number of pyridine rings is 1. The molecule has 2 atom stereocenters. The standard InChI is InChI=1S/C15H23N3O4S/c1-3-5-11-8-18(9-14(11)17-23(2,21)22)15(20)13-7-4-6-12(10-19)16-13/h4,6-7,11,14,17,19H,3,5,8-10H2,1-2H3. The molecule has 1 fully saturated rings.